The molecule has 0 aromatic rings. The molecule has 1 aliphatic rings. The zero-order valence-corrected chi connectivity index (χ0v) is 13.1. The molecule has 0 bridgehead atoms. The van der Waals surface area contributed by atoms with Gasteiger partial charge in [-0.05, 0) is 19.9 Å². The van der Waals surface area contributed by atoms with Gasteiger partial charge in [0.05, 0.1) is 6.61 Å². The highest BCUT2D eigenvalue weighted by atomic mass is 16.5. The highest BCUT2D eigenvalue weighted by molar-refractivity contribution is 4.71. The first-order chi connectivity index (χ1) is 8.86. The minimum absolute atomic E-state index is 0.844. The van der Waals surface area contributed by atoms with Crippen LogP contribution in [0.25, 0.3) is 0 Å². The third-order valence-electron chi connectivity index (χ3n) is 3.30. The van der Waals surface area contributed by atoms with Crippen LogP contribution in [0.5, 0.6) is 0 Å². The molecular formula is C15H34N2O. The lowest BCUT2D eigenvalue weighted by atomic mass is 10.2. The lowest BCUT2D eigenvalue weighted by molar-refractivity contribution is 0.0804. The number of hydrogen-bond donors (Lipinski definition) is 0. The van der Waals surface area contributed by atoms with Crippen LogP contribution in [0.15, 0.2) is 0 Å². The summed E-state index contributed by atoms with van der Waals surface area (Å²) < 4.78 is 5.39. The van der Waals surface area contributed by atoms with E-state index in [-0.39, 0.29) is 0 Å². The highest BCUT2D eigenvalue weighted by Gasteiger charge is 2.15. The summed E-state index contributed by atoms with van der Waals surface area (Å²) in [5.74, 6) is 0. The second kappa shape index (κ2) is 13.3. The van der Waals surface area contributed by atoms with E-state index < -0.39 is 0 Å². The third-order valence-corrected chi connectivity index (χ3v) is 3.30. The number of ether oxygens (including phenoxy) is 1. The van der Waals surface area contributed by atoms with Crippen molar-refractivity contribution in [3.05, 3.63) is 0 Å². The maximum absolute atomic E-state index is 5.39. The molecule has 0 amide bonds. The predicted octanol–water partition coefficient (Wildman–Crippen LogP) is 2.86. The first-order valence-electron chi connectivity index (χ1n) is 7.89. The number of piperazine rings is 1. The molecule has 1 rings (SSSR count). The fourth-order valence-electron chi connectivity index (χ4n) is 2.16. The standard InChI is InChI=1S/C13H28N2O.C2H6/c1-3-5-6-7-14-8-10-15(11-9-14)12-13-16-4-2;1-2/h3-13H2,1-2H3;1-2H3. The van der Waals surface area contributed by atoms with Gasteiger partial charge in [-0.3, -0.25) is 4.90 Å². The van der Waals surface area contributed by atoms with Crippen molar-refractivity contribution >= 4 is 0 Å². The number of nitrogens with zero attached hydrogens (tertiary/aromatic N) is 2. The molecule has 0 saturated carbocycles. The van der Waals surface area contributed by atoms with Gasteiger partial charge in [0.15, 0.2) is 0 Å². The molecule has 0 unspecified atom stereocenters. The zero-order valence-electron chi connectivity index (χ0n) is 13.1. The molecular weight excluding hydrogens is 224 g/mol. The van der Waals surface area contributed by atoms with Crippen LogP contribution < -0.4 is 0 Å². The van der Waals surface area contributed by atoms with Crippen LogP contribution in [0.3, 0.4) is 0 Å². The second-order valence-electron chi connectivity index (χ2n) is 4.59. The Hall–Kier alpha value is -0.120. The molecule has 18 heavy (non-hydrogen) atoms. The highest BCUT2D eigenvalue weighted by Crippen LogP contribution is 2.04. The van der Waals surface area contributed by atoms with Crippen LogP contribution in [0, 0.1) is 0 Å². The summed E-state index contributed by atoms with van der Waals surface area (Å²) in [5, 5.41) is 0. The molecule has 0 atom stereocenters. The largest absolute Gasteiger partial charge is 0.380 e. The van der Waals surface area contributed by atoms with Crippen molar-refractivity contribution < 1.29 is 4.74 Å². The Balaban J connectivity index is 0.00000137. The predicted molar refractivity (Wildman–Crippen MR) is 80.2 cm³/mol. The Labute approximate surface area is 114 Å². The smallest absolute Gasteiger partial charge is 0.0593 e. The van der Waals surface area contributed by atoms with E-state index in [1.807, 2.05) is 13.8 Å². The number of hydrogen-bond acceptors (Lipinski definition) is 3. The van der Waals surface area contributed by atoms with Gasteiger partial charge in [-0.1, -0.05) is 33.6 Å². The Morgan fingerprint density at radius 2 is 1.39 bits per heavy atom. The van der Waals surface area contributed by atoms with Gasteiger partial charge in [0, 0.05) is 39.3 Å². The van der Waals surface area contributed by atoms with Crippen molar-refractivity contribution in [1.29, 1.82) is 0 Å². The number of rotatable bonds is 8. The molecule has 0 aromatic heterocycles. The summed E-state index contributed by atoms with van der Waals surface area (Å²) in [6, 6.07) is 0. The van der Waals surface area contributed by atoms with Crippen LogP contribution >= 0.6 is 0 Å². The normalized spacial score (nSPS) is 17.3. The molecule has 1 aliphatic heterocycles. The van der Waals surface area contributed by atoms with Crippen molar-refractivity contribution in [2.45, 2.75) is 47.0 Å². The van der Waals surface area contributed by atoms with Crippen molar-refractivity contribution in [2.24, 2.45) is 0 Å². The van der Waals surface area contributed by atoms with E-state index in [1.54, 1.807) is 0 Å². The molecule has 1 saturated heterocycles. The second-order valence-corrected chi connectivity index (χ2v) is 4.59. The van der Waals surface area contributed by atoms with E-state index in [4.69, 9.17) is 4.74 Å². The molecule has 3 heteroatoms. The Kier molecular flexibility index (Phi) is 13.2. The van der Waals surface area contributed by atoms with Crippen LogP contribution in [-0.4, -0.2) is 62.3 Å². The first-order valence-corrected chi connectivity index (χ1v) is 7.89. The van der Waals surface area contributed by atoms with Gasteiger partial charge in [-0.2, -0.15) is 0 Å². The minimum atomic E-state index is 0.844. The Morgan fingerprint density at radius 3 is 1.89 bits per heavy atom. The topological polar surface area (TPSA) is 15.7 Å². The van der Waals surface area contributed by atoms with Gasteiger partial charge < -0.3 is 9.64 Å². The van der Waals surface area contributed by atoms with Gasteiger partial charge in [0.1, 0.15) is 0 Å². The van der Waals surface area contributed by atoms with Crippen molar-refractivity contribution in [3.8, 4) is 0 Å². The maximum Gasteiger partial charge on any atom is 0.0593 e. The SMILES string of the molecule is CC.CCCCCN1CCN(CCOCC)CC1. The van der Waals surface area contributed by atoms with Gasteiger partial charge in [-0.15, -0.1) is 0 Å². The minimum Gasteiger partial charge on any atom is -0.380 e. The molecule has 3 nitrogen and oxygen atoms in total. The molecule has 1 heterocycles. The monoisotopic (exact) mass is 258 g/mol. The van der Waals surface area contributed by atoms with E-state index in [0.717, 1.165) is 19.8 Å². The van der Waals surface area contributed by atoms with E-state index in [0.29, 0.717) is 0 Å². The first kappa shape index (κ1) is 17.9. The quantitative estimate of drug-likeness (QED) is 0.623. The van der Waals surface area contributed by atoms with Crippen LogP contribution in [0.1, 0.15) is 47.0 Å². The Morgan fingerprint density at radius 1 is 0.833 bits per heavy atom. The van der Waals surface area contributed by atoms with Gasteiger partial charge >= 0.3 is 0 Å². The fraction of sp³-hybridized carbons (Fsp3) is 1.00. The average molecular weight is 258 g/mol. The lowest BCUT2D eigenvalue weighted by Gasteiger charge is -2.34. The summed E-state index contributed by atoms with van der Waals surface area (Å²) in [6.45, 7) is 17.4. The Bertz CT molecular complexity index is 139. The molecule has 0 radical (unpaired) electrons. The van der Waals surface area contributed by atoms with E-state index >= 15 is 0 Å². The van der Waals surface area contributed by atoms with E-state index in [2.05, 4.69) is 23.6 Å². The van der Waals surface area contributed by atoms with E-state index in [9.17, 15) is 0 Å². The van der Waals surface area contributed by atoms with Gasteiger partial charge in [0.2, 0.25) is 0 Å². The van der Waals surface area contributed by atoms with Crippen molar-refractivity contribution in [3.63, 3.8) is 0 Å². The molecule has 110 valence electrons. The van der Waals surface area contributed by atoms with Crippen LogP contribution in [0.4, 0.5) is 0 Å². The molecule has 0 N–H and O–H groups in total. The van der Waals surface area contributed by atoms with Gasteiger partial charge in [-0.25, -0.2) is 0 Å². The summed E-state index contributed by atoms with van der Waals surface area (Å²) in [7, 11) is 0. The molecule has 0 spiro atoms. The van der Waals surface area contributed by atoms with Crippen molar-refractivity contribution in [2.75, 3.05) is 52.5 Å². The zero-order chi connectivity index (χ0) is 13.6. The lowest BCUT2D eigenvalue weighted by Crippen LogP contribution is -2.47. The van der Waals surface area contributed by atoms with Crippen LogP contribution in [0.2, 0.25) is 0 Å². The summed E-state index contributed by atoms with van der Waals surface area (Å²) >= 11 is 0. The average Bonchev–Trinajstić information content (AvgIpc) is 2.43. The third kappa shape index (κ3) is 8.90. The maximum atomic E-state index is 5.39. The summed E-state index contributed by atoms with van der Waals surface area (Å²) in [6.07, 6.45) is 4.08. The van der Waals surface area contributed by atoms with Gasteiger partial charge in [0.25, 0.3) is 0 Å². The molecule has 1 fully saturated rings. The molecule has 0 aromatic carbocycles. The van der Waals surface area contributed by atoms with E-state index in [1.165, 1.54) is 52.0 Å². The fourth-order valence-corrected chi connectivity index (χ4v) is 2.16. The number of unbranched alkanes of at least 4 members (excludes halogenated alkanes) is 2. The molecule has 0 aliphatic carbocycles. The van der Waals surface area contributed by atoms with Crippen molar-refractivity contribution in [1.82, 2.24) is 9.80 Å². The summed E-state index contributed by atoms with van der Waals surface area (Å²) in [4.78, 5) is 5.12. The van der Waals surface area contributed by atoms with Crippen LogP contribution in [-0.2, 0) is 4.74 Å². The summed E-state index contributed by atoms with van der Waals surface area (Å²) in [5.41, 5.74) is 0.